The average molecular weight is 268 g/mol. The lowest BCUT2D eigenvalue weighted by Gasteiger charge is -2.32. The summed E-state index contributed by atoms with van der Waals surface area (Å²) >= 11 is 0. The summed E-state index contributed by atoms with van der Waals surface area (Å²) in [4.78, 5) is 23.7. The Morgan fingerprint density at radius 2 is 2.05 bits per heavy atom. The molecule has 1 heterocycles. The summed E-state index contributed by atoms with van der Waals surface area (Å²) < 4.78 is 0. The van der Waals surface area contributed by atoms with Crippen LogP contribution < -0.4 is 10.6 Å². The molecule has 0 radical (unpaired) electrons. The van der Waals surface area contributed by atoms with Gasteiger partial charge >= 0.3 is 5.97 Å². The molecule has 2 atom stereocenters. The number of nitrogens with one attached hydrogen (secondary N) is 2. The molecule has 5 nitrogen and oxygen atoms in total. The minimum atomic E-state index is -1.02. The molecule has 0 bridgehead atoms. The van der Waals surface area contributed by atoms with Crippen LogP contribution in [-0.4, -0.2) is 35.1 Å². The van der Waals surface area contributed by atoms with Gasteiger partial charge < -0.3 is 15.7 Å². The largest absolute Gasteiger partial charge is 0.480 e. The number of piperidine rings is 1. The van der Waals surface area contributed by atoms with Crippen LogP contribution in [0, 0.1) is 5.92 Å². The second kappa shape index (κ2) is 5.90. The Morgan fingerprint density at radius 1 is 1.37 bits per heavy atom. The Labute approximate surface area is 114 Å². The van der Waals surface area contributed by atoms with Crippen LogP contribution in [0.2, 0.25) is 0 Å². The van der Waals surface area contributed by atoms with Gasteiger partial charge in [0.1, 0.15) is 5.54 Å². The van der Waals surface area contributed by atoms with Crippen LogP contribution in [0.1, 0.15) is 51.9 Å². The molecule has 2 unspecified atom stereocenters. The van der Waals surface area contributed by atoms with E-state index < -0.39 is 11.5 Å². The number of hydrogen-bond acceptors (Lipinski definition) is 3. The highest BCUT2D eigenvalue weighted by Gasteiger charge is 2.43. The van der Waals surface area contributed by atoms with E-state index in [1.54, 1.807) is 0 Å². The Hall–Kier alpha value is -1.10. The van der Waals surface area contributed by atoms with Crippen molar-refractivity contribution in [2.24, 2.45) is 5.92 Å². The first kappa shape index (κ1) is 14.3. The van der Waals surface area contributed by atoms with E-state index in [4.69, 9.17) is 0 Å². The van der Waals surface area contributed by atoms with E-state index in [9.17, 15) is 14.7 Å². The summed E-state index contributed by atoms with van der Waals surface area (Å²) in [5, 5.41) is 15.4. The van der Waals surface area contributed by atoms with Crippen molar-refractivity contribution in [1.29, 1.82) is 0 Å². The van der Waals surface area contributed by atoms with Gasteiger partial charge in [-0.25, -0.2) is 4.79 Å². The second-order valence-electron chi connectivity index (χ2n) is 5.89. The smallest absolute Gasteiger partial charge is 0.329 e. The maximum atomic E-state index is 12.3. The lowest BCUT2D eigenvalue weighted by Crippen LogP contribution is -2.58. The predicted molar refractivity (Wildman–Crippen MR) is 71.8 cm³/mol. The fourth-order valence-corrected chi connectivity index (χ4v) is 3.26. The van der Waals surface area contributed by atoms with Crippen LogP contribution in [-0.2, 0) is 9.59 Å². The molecule has 2 aliphatic rings. The van der Waals surface area contributed by atoms with Gasteiger partial charge in [0.05, 0.1) is 6.04 Å². The van der Waals surface area contributed by atoms with Gasteiger partial charge in [0, 0.05) is 0 Å². The van der Waals surface area contributed by atoms with Gasteiger partial charge in [0.25, 0.3) is 0 Å². The van der Waals surface area contributed by atoms with E-state index in [1.165, 1.54) is 0 Å². The standard InChI is InChI=1S/C14H24N2O3/c1-2-10-5-8-15-11(9-10)12(17)16-14(13(18)19)6-3-4-7-14/h10-11,15H,2-9H2,1H3,(H,16,17)(H,18,19). The van der Waals surface area contributed by atoms with Crippen LogP contribution in [0.25, 0.3) is 0 Å². The Kier molecular flexibility index (Phi) is 4.45. The Bertz CT molecular complexity index is 351. The lowest BCUT2D eigenvalue weighted by atomic mass is 9.89. The molecule has 108 valence electrons. The van der Waals surface area contributed by atoms with Crippen LogP contribution in [0.3, 0.4) is 0 Å². The predicted octanol–water partition coefficient (Wildman–Crippen LogP) is 1.28. The van der Waals surface area contributed by atoms with Gasteiger partial charge in [0.15, 0.2) is 0 Å². The second-order valence-corrected chi connectivity index (χ2v) is 5.89. The summed E-state index contributed by atoms with van der Waals surface area (Å²) in [6, 6.07) is -0.226. The van der Waals surface area contributed by atoms with Gasteiger partial charge in [0.2, 0.25) is 5.91 Å². The zero-order chi connectivity index (χ0) is 13.9. The molecular formula is C14H24N2O3. The zero-order valence-electron chi connectivity index (χ0n) is 11.6. The molecule has 2 rings (SSSR count). The van der Waals surface area contributed by atoms with Crippen molar-refractivity contribution < 1.29 is 14.7 Å². The van der Waals surface area contributed by atoms with Crippen LogP contribution in [0.15, 0.2) is 0 Å². The molecule has 3 N–H and O–H groups in total. The Morgan fingerprint density at radius 3 is 2.63 bits per heavy atom. The van der Waals surface area contributed by atoms with Gasteiger partial charge in [-0.05, 0) is 38.1 Å². The van der Waals surface area contributed by atoms with E-state index in [0.717, 1.165) is 38.6 Å². The number of rotatable bonds is 4. The molecule has 0 aromatic rings. The highest BCUT2D eigenvalue weighted by molar-refractivity contribution is 5.89. The molecular weight excluding hydrogens is 244 g/mol. The third-order valence-corrected chi connectivity index (χ3v) is 4.64. The highest BCUT2D eigenvalue weighted by Crippen LogP contribution is 2.30. The van der Waals surface area contributed by atoms with Crippen molar-refractivity contribution >= 4 is 11.9 Å². The van der Waals surface area contributed by atoms with Crippen molar-refractivity contribution in [3.63, 3.8) is 0 Å². The van der Waals surface area contributed by atoms with Crippen molar-refractivity contribution in [1.82, 2.24) is 10.6 Å². The van der Waals surface area contributed by atoms with E-state index in [2.05, 4.69) is 17.6 Å². The van der Waals surface area contributed by atoms with Gasteiger partial charge in [-0.2, -0.15) is 0 Å². The van der Waals surface area contributed by atoms with Crippen LogP contribution in [0.5, 0.6) is 0 Å². The number of carbonyl (C=O) groups excluding carboxylic acids is 1. The fourth-order valence-electron chi connectivity index (χ4n) is 3.26. The summed E-state index contributed by atoms with van der Waals surface area (Å²) in [5.41, 5.74) is -1.02. The summed E-state index contributed by atoms with van der Waals surface area (Å²) in [7, 11) is 0. The third kappa shape index (κ3) is 3.08. The molecule has 1 amide bonds. The molecule has 2 fully saturated rings. The molecule has 1 aliphatic carbocycles. The molecule has 1 saturated carbocycles. The van der Waals surface area contributed by atoms with Gasteiger partial charge in [-0.1, -0.05) is 26.2 Å². The minimum Gasteiger partial charge on any atom is -0.480 e. The lowest BCUT2D eigenvalue weighted by molar-refractivity contribution is -0.147. The van der Waals surface area contributed by atoms with Crippen LogP contribution >= 0.6 is 0 Å². The number of hydrogen-bond donors (Lipinski definition) is 3. The van der Waals surface area contributed by atoms with E-state index >= 15 is 0 Å². The summed E-state index contributed by atoms with van der Waals surface area (Å²) in [6.45, 7) is 2.98. The number of aliphatic carboxylic acids is 1. The van der Waals surface area contributed by atoms with Gasteiger partial charge in [-0.15, -0.1) is 0 Å². The van der Waals surface area contributed by atoms with Crippen molar-refractivity contribution in [2.45, 2.75) is 63.5 Å². The molecule has 0 aromatic carbocycles. The third-order valence-electron chi connectivity index (χ3n) is 4.64. The highest BCUT2D eigenvalue weighted by atomic mass is 16.4. The average Bonchev–Trinajstić information content (AvgIpc) is 2.88. The summed E-state index contributed by atoms with van der Waals surface area (Å²) in [5.74, 6) is -0.454. The minimum absolute atomic E-state index is 0.137. The first-order valence-corrected chi connectivity index (χ1v) is 7.36. The SMILES string of the molecule is CCC1CCNC(C(=O)NC2(C(=O)O)CCCC2)C1. The first-order chi connectivity index (χ1) is 9.07. The first-order valence-electron chi connectivity index (χ1n) is 7.36. The van der Waals surface area contributed by atoms with Crippen molar-refractivity contribution in [3.8, 4) is 0 Å². The number of amides is 1. The molecule has 1 saturated heterocycles. The Balaban J connectivity index is 1.97. The van der Waals surface area contributed by atoms with Crippen LogP contribution in [0.4, 0.5) is 0 Å². The van der Waals surface area contributed by atoms with E-state index in [0.29, 0.717) is 18.8 Å². The normalized spacial score (nSPS) is 29.9. The summed E-state index contributed by atoms with van der Waals surface area (Å²) in [6.07, 6.45) is 5.86. The number of carboxylic acid groups (broad SMARTS) is 1. The maximum absolute atomic E-state index is 12.3. The zero-order valence-corrected chi connectivity index (χ0v) is 11.6. The van der Waals surface area contributed by atoms with E-state index in [1.807, 2.05) is 0 Å². The quantitative estimate of drug-likeness (QED) is 0.717. The molecule has 0 spiro atoms. The molecule has 0 aromatic heterocycles. The maximum Gasteiger partial charge on any atom is 0.329 e. The molecule has 19 heavy (non-hydrogen) atoms. The fraction of sp³-hybridized carbons (Fsp3) is 0.857. The van der Waals surface area contributed by atoms with E-state index in [-0.39, 0.29) is 11.9 Å². The molecule has 1 aliphatic heterocycles. The van der Waals surface area contributed by atoms with Crippen molar-refractivity contribution in [3.05, 3.63) is 0 Å². The number of carboxylic acids is 1. The monoisotopic (exact) mass is 268 g/mol. The molecule has 5 heteroatoms. The number of carbonyl (C=O) groups is 2. The van der Waals surface area contributed by atoms with Crippen molar-refractivity contribution in [2.75, 3.05) is 6.54 Å². The van der Waals surface area contributed by atoms with Gasteiger partial charge in [-0.3, -0.25) is 4.79 Å². The topological polar surface area (TPSA) is 78.4 Å².